The first-order valence-electron chi connectivity index (χ1n) is 9.67. The highest BCUT2D eigenvalue weighted by molar-refractivity contribution is 5.95. The van der Waals surface area contributed by atoms with E-state index in [0.29, 0.717) is 38.2 Å². The largest absolute Gasteiger partial charge is 0.447 e. The van der Waals surface area contributed by atoms with E-state index < -0.39 is 0 Å². The van der Waals surface area contributed by atoms with Gasteiger partial charge >= 0.3 is 6.09 Å². The summed E-state index contributed by atoms with van der Waals surface area (Å²) < 4.78 is 6.98. The zero-order valence-corrected chi connectivity index (χ0v) is 16.9. The van der Waals surface area contributed by atoms with Crippen LogP contribution in [-0.4, -0.2) is 46.4 Å². The Morgan fingerprint density at radius 1 is 1.21 bits per heavy atom. The van der Waals surface area contributed by atoms with Gasteiger partial charge in [0, 0.05) is 18.8 Å². The molecule has 4 rings (SSSR count). The van der Waals surface area contributed by atoms with Gasteiger partial charge in [0.2, 0.25) is 0 Å². The molecule has 2 amide bonds. The third-order valence-electron chi connectivity index (χ3n) is 5.46. The van der Waals surface area contributed by atoms with Crippen LogP contribution in [0, 0.1) is 6.92 Å². The van der Waals surface area contributed by atoms with Crippen molar-refractivity contribution in [3.63, 3.8) is 0 Å². The number of carbonyl (C=O) groups excluding carboxylic acids is 2. The molecule has 148 valence electrons. The van der Waals surface area contributed by atoms with Crippen LogP contribution in [0.25, 0.3) is 0 Å². The van der Waals surface area contributed by atoms with Gasteiger partial charge in [-0.1, -0.05) is 12.1 Å². The number of anilines is 1. The van der Waals surface area contributed by atoms with E-state index in [1.54, 1.807) is 11.1 Å². The van der Waals surface area contributed by atoms with Crippen molar-refractivity contribution < 1.29 is 14.3 Å². The van der Waals surface area contributed by atoms with E-state index in [1.807, 2.05) is 34.7 Å². The van der Waals surface area contributed by atoms with Crippen LogP contribution in [0.4, 0.5) is 10.5 Å². The van der Waals surface area contributed by atoms with Crippen molar-refractivity contribution in [2.75, 3.05) is 24.6 Å². The Bertz CT molecular complexity index is 942. The lowest BCUT2D eigenvalue weighted by atomic mass is 9.96. The van der Waals surface area contributed by atoms with Crippen LogP contribution in [0.15, 0.2) is 24.4 Å². The summed E-state index contributed by atoms with van der Waals surface area (Å²) in [7, 11) is 0. The van der Waals surface area contributed by atoms with Gasteiger partial charge in [0.25, 0.3) is 5.91 Å². The number of carbonyl (C=O) groups is 2. The van der Waals surface area contributed by atoms with Crippen molar-refractivity contribution in [3.05, 3.63) is 46.8 Å². The maximum absolute atomic E-state index is 13.2. The van der Waals surface area contributed by atoms with Gasteiger partial charge in [0.15, 0.2) is 0 Å². The SMILES string of the molecule is Cc1c(C(=O)N2CCc3c(cccc3N3CCOC3=O)C2)cnn1C(C)(C)C. The third-order valence-corrected chi connectivity index (χ3v) is 5.46. The predicted octanol–water partition coefficient (Wildman–Crippen LogP) is 3.10. The Morgan fingerprint density at radius 2 is 2.00 bits per heavy atom. The summed E-state index contributed by atoms with van der Waals surface area (Å²) >= 11 is 0. The number of amides is 2. The molecular formula is C21H26N4O3. The minimum absolute atomic E-state index is 0.00429. The Kier molecular flexibility index (Phi) is 4.40. The second-order valence-corrected chi connectivity index (χ2v) is 8.38. The molecule has 0 bridgehead atoms. The Hall–Kier alpha value is -2.83. The summed E-state index contributed by atoms with van der Waals surface area (Å²) in [6.45, 7) is 10.3. The van der Waals surface area contributed by atoms with Crippen LogP contribution in [-0.2, 0) is 23.2 Å². The quantitative estimate of drug-likeness (QED) is 0.800. The third kappa shape index (κ3) is 3.04. The molecule has 1 aromatic carbocycles. The number of fused-ring (bicyclic) bond motifs is 1. The molecule has 1 saturated heterocycles. The molecule has 1 aromatic heterocycles. The number of cyclic esters (lactones) is 1. The molecule has 28 heavy (non-hydrogen) atoms. The van der Waals surface area contributed by atoms with E-state index >= 15 is 0 Å². The first kappa shape index (κ1) is 18.5. The maximum Gasteiger partial charge on any atom is 0.414 e. The zero-order valence-electron chi connectivity index (χ0n) is 16.9. The first-order valence-corrected chi connectivity index (χ1v) is 9.67. The van der Waals surface area contributed by atoms with Crippen molar-refractivity contribution in [3.8, 4) is 0 Å². The monoisotopic (exact) mass is 382 g/mol. The van der Waals surface area contributed by atoms with Crippen LogP contribution < -0.4 is 4.90 Å². The molecule has 0 N–H and O–H groups in total. The first-order chi connectivity index (χ1) is 13.3. The molecule has 0 atom stereocenters. The lowest BCUT2D eigenvalue weighted by Crippen LogP contribution is -2.37. The molecule has 0 unspecified atom stereocenters. The number of hydrogen-bond acceptors (Lipinski definition) is 4. The Labute approximate surface area is 164 Å². The van der Waals surface area contributed by atoms with Gasteiger partial charge in [-0.15, -0.1) is 0 Å². The van der Waals surface area contributed by atoms with Gasteiger partial charge in [-0.05, 0) is 51.3 Å². The number of ether oxygens (including phenoxy) is 1. The second kappa shape index (κ2) is 6.65. The molecule has 2 aromatic rings. The molecule has 1 fully saturated rings. The Morgan fingerprint density at radius 3 is 2.64 bits per heavy atom. The molecule has 3 heterocycles. The molecule has 0 spiro atoms. The van der Waals surface area contributed by atoms with Crippen molar-refractivity contribution >= 4 is 17.7 Å². The van der Waals surface area contributed by atoms with E-state index in [2.05, 4.69) is 25.9 Å². The molecule has 0 radical (unpaired) electrons. The smallest absolute Gasteiger partial charge is 0.414 e. The highest BCUT2D eigenvalue weighted by Crippen LogP contribution is 2.31. The van der Waals surface area contributed by atoms with E-state index in [1.165, 1.54) is 0 Å². The van der Waals surface area contributed by atoms with Gasteiger partial charge < -0.3 is 9.64 Å². The highest BCUT2D eigenvalue weighted by atomic mass is 16.6. The zero-order chi connectivity index (χ0) is 20.1. The summed E-state index contributed by atoms with van der Waals surface area (Å²) in [5.41, 5.74) is 4.49. The average Bonchev–Trinajstić information content (AvgIpc) is 3.25. The predicted molar refractivity (Wildman–Crippen MR) is 106 cm³/mol. The van der Waals surface area contributed by atoms with Crippen LogP contribution in [0.1, 0.15) is 48.0 Å². The second-order valence-electron chi connectivity index (χ2n) is 8.38. The van der Waals surface area contributed by atoms with Crippen LogP contribution >= 0.6 is 0 Å². The molecular weight excluding hydrogens is 356 g/mol. The topological polar surface area (TPSA) is 67.7 Å². The van der Waals surface area contributed by atoms with Crippen molar-refractivity contribution in [1.82, 2.24) is 14.7 Å². The van der Waals surface area contributed by atoms with Crippen LogP contribution in [0.2, 0.25) is 0 Å². The minimum atomic E-state index is -0.294. The molecule has 2 aliphatic rings. The van der Waals surface area contributed by atoms with Crippen molar-refractivity contribution in [2.45, 2.75) is 46.2 Å². The molecule has 7 heteroatoms. The Balaban J connectivity index is 1.59. The van der Waals surface area contributed by atoms with Gasteiger partial charge in [-0.3, -0.25) is 14.4 Å². The van der Waals surface area contributed by atoms with Crippen molar-refractivity contribution in [2.24, 2.45) is 0 Å². The summed E-state index contributed by atoms with van der Waals surface area (Å²) in [5, 5.41) is 4.43. The normalized spacial score (nSPS) is 16.9. The lowest BCUT2D eigenvalue weighted by Gasteiger charge is -2.31. The summed E-state index contributed by atoms with van der Waals surface area (Å²) in [5.74, 6) is 0.00429. The lowest BCUT2D eigenvalue weighted by molar-refractivity contribution is 0.0733. The number of nitrogens with zero attached hydrogens (tertiary/aromatic N) is 4. The van der Waals surface area contributed by atoms with E-state index in [-0.39, 0.29) is 17.5 Å². The summed E-state index contributed by atoms with van der Waals surface area (Å²) in [6, 6.07) is 5.93. The summed E-state index contributed by atoms with van der Waals surface area (Å²) in [4.78, 5) is 28.7. The molecule has 7 nitrogen and oxygen atoms in total. The fraction of sp³-hybridized carbons (Fsp3) is 0.476. The van der Waals surface area contributed by atoms with Crippen LogP contribution in [0.5, 0.6) is 0 Å². The van der Waals surface area contributed by atoms with Crippen LogP contribution in [0.3, 0.4) is 0 Å². The van der Waals surface area contributed by atoms with E-state index in [4.69, 9.17) is 4.74 Å². The molecule has 2 aliphatic heterocycles. The molecule has 0 saturated carbocycles. The van der Waals surface area contributed by atoms with Crippen molar-refractivity contribution in [1.29, 1.82) is 0 Å². The number of rotatable bonds is 2. The van der Waals surface area contributed by atoms with Gasteiger partial charge in [-0.25, -0.2) is 4.79 Å². The summed E-state index contributed by atoms with van der Waals surface area (Å²) in [6.07, 6.45) is 2.10. The highest BCUT2D eigenvalue weighted by Gasteiger charge is 2.31. The van der Waals surface area contributed by atoms with E-state index in [9.17, 15) is 9.59 Å². The van der Waals surface area contributed by atoms with E-state index in [0.717, 1.165) is 22.5 Å². The van der Waals surface area contributed by atoms with Gasteiger partial charge in [-0.2, -0.15) is 5.10 Å². The van der Waals surface area contributed by atoms with Gasteiger partial charge in [0.1, 0.15) is 6.61 Å². The average molecular weight is 382 g/mol. The fourth-order valence-corrected chi connectivity index (χ4v) is 4.09. The number of aromatic nitrogens is 2. The number of benzene rings is 1. The maximum atomic E-state index is 13.2. The minimum Gasteiger partial charge on any atom is -0.447 e. The number of hydrogen-bond donors (Lipinski definition) is 0. The molecule has 0 aliphatic carbocycles. The van der Waals surface area contributed by atoms with Gasteiger partial charge in [0.05, 0.1) is 29.5 Å². The fourth-order valence-electron chi connectivity index (χ4n) is 4.09. The standard InChI is InChI=1S/C21H26N4O3/c1-14-17(12-22-25(14)21(2,3)4)19(26)23-9-8-16-15(13-23)6-5-7-18(16)24-10-11-28-20(24)27/h5-7,12H,8-11,13H2,1-4H3.